The summed E-state index contributed by atoms with van der Waals surface area (Å²) < 4.78 is 0. The molecule has 0 aromatic rings. The Labute approximate surface area is 436 Å². The molecule has 0 radical (unpaired) electrons. The first-order valence-corrected chi connectivity index (χ1v) is 36.1. The summed E-state index contributed by atoms with van der Waals surface area (Å²) in [7, 11) is -0.832. The van der Waals surface area contributed by atoms with E-state index in [0.717, 1.165) is 0 Å². The summed E-state index contributed by atoms with van der Waals surface area (Å²) in [6, 6.07) is 0. The zero-order chi connectivity index (χ0) is 49.0. The highest BCUT2D eigenvalue weighted by Gasteiger charge is 2.35. The van der Waals surface area contributed by atoms with E-state index in [1.807, 2.05) is 0 Å². The van der Waals surface area contributed by atoms with Crippen LogP contribution in [0.3, 0.4) is 0 Å². The minimum atomic E-state index is -0.832. The van der Waals surface area contributed by atoms with Crippen molar-refractivity contribution in [3.8, 4) is 0 Å². The summed E-state index contributed by atoms with van der Waals surface area (Å²) in [6.45, 7) is 9.35. The Morgan fingerprint density at radius 1 is 0.118 bits per heavy atom. The minimum Gasteiger partial charge on any atom is -0.0654 e. The molecule has 0 aromatic heterocycles. The van der Waals surface area contributed by atoms with Crippen molar-refractivity contribution in [2.75, 3.05) is 24.6 Å². The molecule has 0 N–H and O–H groups in total. The Kier molecular flexibility index (Phi) is 62.1. The van der Waals surface area contributed by atoms with Crippen molar-refractivity contribution < 1.29 is 0 Å². The number of hydrogen-bond acceptors (Lipinski definition) is 0. The first-order chi connectivity index (χ1) is 33.7. The van der Waals surface area contributed by atoms with E-state index in [0.29, 0.717) is 0 Å². The molecule has 0 saturated carbocycles. The van der Waals surface area contributed by atoms with E-state index in [9.17, 15) is 0 Å². The molecule has 0 amide bonds. The summed E-state index contributed by atoms with van der Waals surface area (Å²) >= 11 is 0. The van der Waals surface area contributed by atoms with E-state index in [1.165, 1.54) is 353 Å². The SMILES string of the molecule is CCCCCCCCCCCCCCCCCCC[P+](CCCCCCCCCC)(CCCCCCCCCCCCCCCCCCC)CCCCCCCCCCCCCCCCCCC. The second-order valence-corrected chi connectivity index (χ2v) is 28.2. The molecule has 0 atom stereocenters. The van der Waals surface area contributed by atoms with Gasteiger partial charge in [-0.15, -0.1) is 0 Å². The molecule has 0 fully saturated rings. The smallest absolute Gasteiger partial charge is 0.0594 e. The lowest BCUT2D eigenvalue weighted by molar-refractivity contribution is 0.528. The molecule has 0 heterocycles. The minimum absolute atomic E-state index is 0.832. The molecular weight excluding hydrogens is 836 g/mol. The molecule has 68 heavy (non-hydrogen) atoms. The van der Waals surface area contributed by atoms with E-state index < -0.39 is 7.26 Å². The predicted molar refractivity (Wildman–Crippen MR) is 321 cm³/mol. The van der Waals surface area contributed by atoms with Crippen LogP contribution in [-0.4, -0.2) is 24.6 Å². The molecule has 0 aliphatic rings. The van der Waals surface area contributed by atoms with Gasteiger partial charge in [0.2, 0.25) is 0 Å². The topological polar surface area (TPSA) is 0 Å². The van der Waals surface area contributed by atoms with Crippen molar-refractivity contribution in [1.29, 1.82) is 0 Å². The van der Waals surface area contributed by atoms with Crippen molar-refractivity contribution in [2.45, 2.75) is 407 Å². The van der Waals surface area contributed by atoms with Crippen molar-refractivity contribution in [2.24, 2.45) is 0 Å². The Morgan fingerprint density at radius 3 is 0.309 bits per heavy atom. The van der Waals surface area contributed by atoms with Crippen LogP contribution in [0.5, 0.6) is 0 Å². The highest BCUT2D eigenvalue weighted by Crippen LogP contribution is 2.61. The van der Waals surface area contributed by atoms with Gasteiger partial charge in [0, 0.05) is 7.26 Å². The Hall–Kier alpha value is 0.430. The zero-order valence-corrected chi connectivity index (χ0v) is 49.9. The highest BCUT2D eigenvalue weighted by atomic mass is 31.2. The number of rotatable bonds is 63. The van der Waals surface area contributed by atoms with Gasteiger partial charge >= 0.3 is 0 Å². The second kappa shape index (κ2) is 61.7. The Morgan fingerprint density at radius 2 is 0.206 bits per heavy atom. The third-order valence-corrected chi connectivity index (χ3v) is 21.8. The van der Waals surface area contributed by atoms with Gasteiger partial charge in [-0.3, -0.25) is 0 Å². The van der Waals surface area contributed by atoms with E-state index in [-0.39, 0.29) is 0 Å². The molecule has 0 spiro atoms. The van der Waals surface area contributed by atoms with Gasteiger partial charge in [0.05, 0.1) is 24.6 Å². The van der Waals surface area contributed by atoms with E-state index in [1.54, 1.807) is 50.3 Å². The zero-order valence-electron chi connectivity index (χ0n) is 49.0. The monoisotopic (exact) mass is 974 g/mol. The lowest BCUT2D eigenvalue weighted by atomic mass is 10.0. The van der Waals surface area contributed by atoms with Crippen LogP contribution in [0.25, 0.3) is 0 Å². The lowest BCUT2D eigenvalue weighted by Crippen LogP contribution is -2.13. The van der Waals surface area contributed by atoms with Gasteiger partial charge in [-0.1, -0.05) is 355 Å². The first-order valence-electron chi connectivity index (χ1n) is 33.6. The summed E-state index contributed by atoms with van der Waals surface area (Å²) in [5, 5.41) is 0. The van der Waals surface area contributed by atoms with Crippen LogP contribution < -0.4 is 0 Å². The van der Waals surface area contributed by atoms with Crippen LogP contribution in [0.2, 0.25) is 0 Å². The molecule has 0 rings (SSSR count). The van der Waals surface area contributed by atoms with Crippen LogP contribution >= 0.6 is 7.26 Å². The fourth-order valence-corrected chi connectivity index (χ4v) is 16.7. The maximum Gasteiger partial charge on any atom is 0.0594 e. The van der Waals surface area contributed by atoms with Gasteiger partial charge in [-0.25, -0.2) is 0 Å². The molecule has 0 bridgehead atoms. The first kappa shape index (κ1) is 68.4. The van der Waals surface area contributed by atoms with Gasteiger partial charge in [0.1, 0.15) is 0 Å². The summed E-state index contributed by atoms with van der Waals surface area (Å²) in [4.78, 5) is 0. The highest BCUT2D eigenvalue weighted by molar-refractivity contribution is 7.75. The predicted octanol–water partition coefficient (Wildman–Crippen LogP) is 26.1. The van der Waals surface area contributed by atoms with Gasteiger partial charge in [-0.2, -0.15) is 0 Å². The van der Waals surface area contributed by atoms with Crippen LogP contribution in [0.1, 0.15) is 407 Å². The maximum absolute atomic E-state index is 2.36. The molecule has 0 aliphatic heterocycles. The van der Waals surface area contributed by atoms with E-state index in [4.69, 9.17) is 0 Å². The molecular formula is C67H138P+. The fourth-order valence-electron chi connectivity index (χ4n) is 11.8. The molecule has 0 aliphatic carbocycles. The quantitative estimate of drug-likeness (QED) is 0.0421. The van der Waals surface area contributed by atoms with Crippen molar-refractivity contribution in [3.05, 3.63) is 0 Å². The Balaban J connectivity index is 4.78. The Bertz CT molecular complexity index is 755. The van der Waals surface area contributed by atoms with Crippen LogP contribution in [0.15, 0.2) is 0 Å². The third kappa shape index (κ3) is 55.7. The van der Waals surface area contributed by atoms with Crippen LogP contribution in [-0.2, 0) is 0 Å². The van der Waals surface area contributed by atoms with Gasteiger partial charge in [0.15, 0.2) is 0 Å². The van der Waals surface area contributed by atoms with Crippen LogP contribution in [0, 0.1) is 0 Å². The largest absolute Gasteiger partial charge is 0.0654 e. The molecule has 0 unspecified atom stereocenters. The van der Waals surface area contributed by atoms with Crippen molar-refractivity contribution in [1.82, 2.24) is 0 Å². The second-order valence-electron chi connectivity index (χ2n) is 23.7. The number of unbranched alkanes of at least 4 members (excludes halogenated alkanes) is 55. The van der Waals surface area contributed by atoms with Gasteiger partial charge in [0.25, 0.3) is 0 Å². The maximum atomic E-state index is 2.36. The standard InChI is InChI=1S/C67H138P/c1-5-9-13-17-21-25-28-31-34-37-40-43-46-49-53-57-61-65-68(64-60-56-52-24-20-16-12-8-4,66-62-58-54-50-47-44-41-38-35-32-29-26-22-18-14-10-6-2)67-63-59-55-51-48-45-42-39-36-33-30-27-23-19-15-11-7-3/h5-67H2,1-4H3/q+1. The molecule has 410 valence electrons. The summed E-state index contributed by atoms with van der Waals surface area (Å²) in [5.41, 5.74) is 0. The molecule has 0 saturated heterocycles. The number of hydrogen-bond donors (Lipinski definition) is 0. The van der Waals surface area contributed by atoms with Gasteiger partial charge < -0.3 is 0 Å². The normalized spacial score (nSPS) is 12.0. The molecule has 0 nitrogen and oxygen atoms in total. The van der Waals surface area contributed by atoms with E-state index in [2.05, 4.69) is 27.7 Å². The average molecular weight is 975 g/mol. The summed E-state index contributed by atoms with van der Waals surface area (Å²) in [5.74, 6) is 0. The van der Waals surface area contributed by atoms with Crippen molar-refractivity contribution >= 4 is 7.26 Å². The third-order valence-electron chi connectivity index (χ3n) is 16.7. The lowest BCUT2D eigenvalue weighted by Gasteiger charge is -2.28. The molecule has 0 aromatic carbocycles. The van der Waals surface area contributed by atoms with E-state index >= 15 is 0 Å². The molecule has 1 heteroatoms. The fraction of sp³-hybridized carbons (Fsp3) is 1.00. The van der Waals surface area contributed by atoms with Crippen molar-refractivity contribution in [3.63, 3.8) is 0 Å². The van der Waals surface area contributed by atoms with Gasteiger partial charge in [-0.05, 0) is 51.4 Å². The van der Waals surface area contributed by atoms with Crippen LogP contribution in [0.4, 0.5) is 0 Å². The average Bonchev–Trinajstić information content (AvgIpc) is 3.35. The summed E-state index contributed by atoms with van der Waals surface area (Å²) in [6.07, 6.45) is 94.8.